The summed E-state index contributed by atoms with van der Waals surface area (Å²) in [6.45, 7) is 8.20. The van der Waals surface area contributed by atoms with Crippen molar-refractivity contribution in [3.05, 3.63) is 83.9 Å². The molecule has 6 nitrogen and oxygen atoms in total. The third-order valence-corrected chi connectivity index (χ3v) is 8.73. The lowest BCUT2D eigenvalue weighted by Crippen LogP contribution is -2.44. The molecule has 0 N–H and O–H groups in total. The van der Waals surface area contributed by atoms with E-state index in [1.807, 2.05) is 87.5 Å². The number of unbranched alkanes of at least 4 members (excludes halogenated alkanes) is 13. The number of esters is 3. The monoisotopic (exact) mass is 676 g/mol. The number of hydrogen-bond donors (Lipinski definition) is 0. The Hall–Kier alpha value is -3.41. The van der Waals surface area contributed by atoms with E-state index in [0.29, 0.717) is 19.4 Å². The molecule has 0 spiro atoms. The van der Waals surface area contributed by atoms with Crippen molar-refractivity contribution in [3.63, 3.8) is 0 Å². The molecule has 272 valence electrons. The van der Waals surface area contributed by atoms with Crippen molar-refractivity contribution < 1.29 is 28.6 Å². The summed E-state index contributed by atoms with van der Waals surface area (Å²) in [5.41, 5.74) is -0.214. The first-order valence-electron chi connectivity index (χ1n) is 19.0. The van der Waals surface area contributed by atoms with Crippen LogP contribution in [0.5, 0.6) is 0 Å². The number of carbonyl (C=O) groups is 3. The zero-order valence-electron chi connectivity index (χ0n) is 31.0. The summed E-state index contributed by atoms with van der Waals surface area (Å²) < 4.78 is 17.1. The lowest BCUT2D eigenvalue weighted by Gasteiger charge is -2.32. The third kappa shape index (κ3) is 18.8. The quantitative estimate of drug-likeness (QED) is 0.0324. The second-order valence-corrected chi connectivity index (χ2v) is 14.4. The fraction of sp³-hybridized carbons (Fsp3) is 0.605. The second-order valence-electron chi connectivity index (χ2n) is 14.4. The average Bonchev–Trinajstić information content (AvgIpc) is 3.09. The summed E-state index contributed by atoms with van der Waals surface area (Å²) in [6.07, 6.45) is 21.3. The Kier molecular flexibility index (Phi) is 21.0. The van der Waals surface area contributed by atoms with E-state index in [9.17, 15) is 14.4 Å². The van der Waals surface area contributed by atoms with Crippen LogP contribution in [-0.4, -0.2) is 23.5 Å². The Labute approximate surface area is 297 Å². The van der Waals surface area contributed by atoms with Gasteiger partial charge in [-0.25, -0.2) is 0 Å². The maximum absolute atomic E-state index is 13.9. The highest BCUT2D eigenvalue weighted by Gasteiger charge is 2.48. The van der Waals surface area contributed by atoms with Crippen LogP contribution in [-0.2, 0) is 41.8 Å². The summed E-state index contributed by atoms with van der Waals surface area (Å²) in [7, 11) is 0. The van der Waals surface area contributed by atoms with Crippen molar-refractivity contribution in [3.8, 4) is 0 Å². The number of allylic oxidation sites excluding steroid dienone is 2. The third-order valence-electron chi connectivity index (χ3n) is 8.73. The zero-order valence-corrected chi connectivity index (χ0v) is 31.0. The molecule has 0 aromatic heterocycles. The van der Waals surface area contributed by atoms with Crippen LogP contribution in [0.2, 0.25) is 0 Å². The molecule has 0 fully saturated rings. The average molecular weight is 677 g/mol. The molecule has 2 rings (SSSR count). The highest BCUT2D eigenvalue weighted by atomic mass is 16.6. The van der Waals surface area contributed by atoms with E-state index in [4.69, 9.17) is 14.2 Å². The minimum absolute atomic E-state index is 0.121. The number of benzene rings is 2. The van der Waals surface area contributed by atoms with Crippen molar-refractivity contribution in [2.45, 2.75) is 162 Å². The lowest BCUT2D eigenvalue weighted by molar-refractivity contribution is -0.181. The standard InChI is InChI=1S/C43H64O6/c1-5-6-7-8-9-11-14-17-26-33-43(41(46)49-42(2,3)4,40(45)48-36-38-30-23-20-24-31-38)34-27-18-15-12-10-13-16-25-32-39(44)47-35-37-28-21-19-22-29-37/h18-24,27-31H,5-17,25-26,32-36H2,1-4H3/t43-/m0/s1. The fourth-order valence-corrected chi connectivity index (χ4v) is 5.81. The van der Waals surface area contributed by atoms with E-state index < -0.39 is 23.0 Å². The van der Waals surface area contributed by atoms with Gasteiger partial charge in [0.15, 0.2) is 5.41 Å². The van der Waals surface area contributed by atoms with Gasteiger partial charge in [-0.3, -0.25) is 14.4 Å². The smallest absolute Gasteiger partial charge is 0.324 e. The number of ether oxygens (including phenoxy) is 3. The predicted octanol–water partition coefficient (Wildman–Crippen LogP) is 11.4. The maximum Gasteiger partial charge on any atom is 0.324 e. The molecule has 2 aromatic carbocycles. The molecule has 0 aliphatic heterocycles. The first kappa shape index (κ1) is 41.8. The molecule has 0 aliphatic rings. The van der Waals surface area contributed by atoms with Crippen LogP contribution in [0.1, 0.15) is 154 Å². The highest BCUT2D eigenvalue weighted by molar-refractivity contribution is 6.00. The van der Waals surface area contributed by atoms with E-state index in [0.717, 1.165) is 68.9 Å². The molecule has 0 aliphatic carbocycles. The van der Waals surface area contributed by atoms with E-state index in [2.05, 4.69) is 13.0 Å². The van der Waals surface area contributed by atoms with Crippen LogP contribution < -0.4 is 0 Å². The Morgan fingerprint density at radius 2 is 1.10 bits per heavy atom. The van der Waals surface area contributed by atoms with E-state index >= 15 is 0 Å². The summed E-state index contributed by atoms with van der Waals surface area (Å²) >= 11 is 0. The van der Waals surface area contributed by atoms with Crippen molar-refractivity contribution >= 4 is 17.9 Å². The van der Waals surface area contributed by atoms with Gasteiger partial charge >= 0.3 is 17.9 Å². The van der Waals surface area contributed by atoms with Gasteiger partial charge in [-0.2, -0.15) is 0 Å². The van der Waals surface area contributed by atoms with Crippen LogP contribution in [0, 0.1) is 5.41 Å². The summed E-state index contributed by atoms with van der Waals surface area (Å²) in [5.74, 6) is -1.15. The van der Waals surface area contributed by atoms with Crippen molar-refractivity contribution in [1.29, 1.82) is 0 Å². The summed E-state index contributed by atoms with van der Waals surface area (Å²) in [4.78, 5) is 39.8. The predicted molar refractivity (Wildman–Crippen MR) is 199 cm³/mol. The largest absolute Gasteiger partial charge is 0.461 e. The molecule has 0 unspecified atom stereocenters. The molecule has 2 aromatic rings. The normalized spacial score (nSPS) is 12.8. The van der Waals surface area contributed by atoms with Gasteiger partial charge in [0.2, 0.25) is 0 Å². The first-order chi connectivity index (χ1) is 23.7. The van der Waals surface area contributed by atoms with E-state index in [1.165, 1.54) is 38.5 Å². The van der Waals surface area contributed by atoms with E-state index in [1.54, 1.807) is 0 Å². The summed E-state index contributed by atoms with van der Waals surface area (Å²) in [6, 6.07) is 19.3. The molecule has 0 amide bonds. The molecule has 0 bridgehead atoms. The minimum atomic E-state index is -1.38. The van der Waals surface area contributed by atoms with Gasteiger partial charge in [-0.05, 0) is 64.0 Å². The molecular weight excluding hydrogens is 612 g/mol. The van der Waals surface area contributed by atoms with Crippen molar-refractivity contribution in [2.24, 2.45) is 5.41 Å². The molecule has 1 atom stereocenters. The van der Waals surface area contributed by atoms with Gasteiger partial charge < -0.3 is 14.2 Å². The number of carbonyl (C=O) groups excluding carboxylic acids is 3. The number of rotatable bonds is 26. The van der Waals surface area contributed by atoms with Crippen LogP contribution in [0.3, 0.4) is 0 Å². The highest BCUT2D eigenvalue weighted by Crippen LogP contribution is 2.36. The molecule has 0 heterocycles. The van der Waals surface area contributed by atoms with Crippen LogP contribution in [0.15, 0.2) is 72.8 Å². The van der Waals surface area contributed by atoms with Crippen molar-refractivity contribution in [1.82, 2.24) is 0 Å². The van der Waals surface area contributed by atoms with Gasteiger partial charge in [0.1, 0.15) is 18.8 Å². The molecule has 6 heteroatoms. The lowest BCUT2D eigenvalue weighted by atomic mass is 9.78. The van der Waals surface area contributed by atoms with Crippen LogP contribution in [0.4, 0.5) is 0 Å². The Bertz CT molecular complexity index is 1200. The van der Waals surface area contributed by atoms with Gasteiger partial charge in [0, 0.05) is 6.42 Å². The van der Waals surface area contributed by atoms with Gasteiger partial charge in [-0.15, -0.1) is 0 Å². The van der Waals surface area contributed by atoms with Crippen LogP contribution in [0.25, 0.3) is 0 Å². The van der Waals surface area contributed by atoms with Crippen LogP contribution >= 0.6 is 0 Å². The zero-order chi connectivity index (χ0) is 35.6. The first-order valence-corrected chi connectivity index (χ1v) is 19.0. The second kappa shape index (κ2) is 24.7. The Morgan fingerprint density at radius 3 is 1.67 bits per heavy atom. The van der Waals surface area contributed by atoms with Gasteiger partial charge in [-0.1, -0.05) is 157 Å². The van der Waals surface area contributed by atoms with Gasteiger partial charge in [0.05, 0.1) is 0 Å². The molecule has 49 heavy (non-hydrogen) atoms. The van der Waals surface area contributed by atoms with E-state index in [-0.39, 0.29) is 19.0 Å². The SMILES string of the molecule is CCCCCCCCCCC[C@](CC=CCCCCCCCC(=O)OCc1ccccc1)(C(=O)OCc1ccccc1)C(=O)OC(C)(C)C. The molecule has 0 radical (unpaired) electrons. The molecular formula is C43H64O6. The molecule has 0 saturated carbocycles. The number of hydrogen-bond acceptors (Lipinski definition) is 6. The van der Waals surface area contributed by atoms with Gasteiger partial charge in [0.25, 0.3) is 0 Å². The maximum atomic E-state index is 13.9. The Morgan fingerprint density at radius 1 is 0.592 bits per heavy atom. The molecule has 0 saturated heterocycles. The van der Waals surface area contributed by atoms with Crippen molar-refractivity contribution in [2.75, 3.05) is 0 Å². The minimum Gasteiger partial charge on any atom is -0.461 e. The summed E-state index contributed by atoms with van der Waals surface area (Å²) in [5, 5.41) is 0. The fourth-order valence-electron chi connectivity index (χ4n) is 5.81. The topological polar surface area (TPSA) is 78.9 Å². The Balaban J connectivity index is 1.89.